The van der Waals surface area contributed by atoms with Crippen LogP contribution in [-0.4, -0.2) is 30.6 Å². The highest BCUT2D eigenvalue weighted by Crippen LogP contribution is 2.27. The quantitative estimate of drug-likeness (QED) is 0.337. The number of para-hydroxylation sites is 1. The van der Waals surface area contributed by atoms with E-state index in [0.29, 0.717) is 27.8 Å². The highest BCUT2D eigenvalue weighted by molar-refractivity contribution is 9.10. The first kappa shape index (κ1) is 22.5. The molecule has 0 aliphatic heterocycles. The number of ether oxygens (including phenoxy) is 2. The van der Waals surface area contributed by atoms with Crippen LogP contribution in [0.3, 0.4) is 0 Å². The number of hydrogen-bond acceptors (Lipinski definition) is 5. The van der Waals surface area contributed by atoms with Crippen LogP contribution in [0.2, 0.25) is 0 Å². The van der Waals surface area contributed by atoms with Gasteiger partial charge in [0.2, 0.25) is 0 Å². The lowest BCUT2D eigenvalue weighted by atomic mass is 10.0. The van der Waals surface area contributed by atoms with Crippen molar-refractivity contribution in [2.75, 3.05) is 19.0 Å². The molecule has 1 amide bonds. The second-order valence-corrected chi connectivity index (χ2v) is 8.30. The smallest absolute Gasteiger partial charge is 0.339 e. The van der Waals surface area contributed by atoms with E-state index in [1.54, 1.807) is 19.2 Å². The topological polar surface area (TPSA) is 77.5 Å². The van der Waals surface area contributed by atoms with Gasteiger partial charge >= 0.3 is 5.97 Å². The van der Waals surface area contributed by atoms with Gasteiger partial charge in [0.05, 0.1) is 23.9 Å². The van der Waals surface area contributed by atoms with Gasteiger partial charge < -0.3 is 14.8 Å². The number of rotatable bonds is 6. The number of pyridine rings is 1. The van der Waals surface area contributed by atoms with E-state index in [9.17, 15) is 9.59 Å². The molecule has 0 saturated heterocycles. The molecule has 0 spiro atoms. The van der Waals surface area contributed by atoms with Crippen LogP contribution >= 0.6 is 15.9 Å². The van der Waals surface area contributed by atoms with Crippen LogP contribution in [0.5, 0.6) is 5.75 Å². The third-order valence-corrected chi connectivity index (χ3v) is 5.61. The summed E-state index contributed by atoms with van der Waals surface area (Å²) in [4.78, 5) is 30.0. The van der Waals surface area contributed by atoms with Crippen molar-refractivity contribution in [3.05, 3.63) is 88.4 Å². The molecule has 1 aromatic heterocycles. The fourth-order valence-electron chi connectivity index (χ4n) is 3.42. The van der Waals surface area contributed by atoms with Gasteiger partial charge in [-0.15, -0.1) is 0 Å². The fourth-order valence-corrected chi connectivity index (χ4v) is 3.89. The molecular weight excluding hydrogens is 484 g/mol. The summed E-state index contributed by atoms with van der Waals surface area (Å²) in [6, 6.07) is 21.9. The number of aromatic nitrogens is 1. The number of esters is 1. The molecule has 0 aliphatic carbocycles. The van der Waals surface area contributed by atoms with Crippen molar-refractivity contribution < 1.29 is 19.1 Å². The normalized spacial score (nSPS) is 10.6. The third-order valence-electron chi connectivity index (χ3n) is 5.12. The number of amides is 1. The Morgan fingerprint density at radius 3 is 2.48 bits per heavy atom. The van der Waals surface area contributed by atoms with E-state index in [1.165, 1.54) is 0 Å². The molecule has 0 saturated carbocycles. The zero-order valence-corrected chi connectivity index (χ0v) is 19.7. The Kier molecular flexibility index (Phi) is 6.70. The minimum Gasteiger partial charge on any atom is -0.497 e. The second kappa shape index (κ2) is 9.83. The summed E-state index contributed by atoms with van der Waals surface area (Å²) in [5, 5.41) is 3.42. The standard InChI is InChI=1S/C26H21BrN2O4/c1-16-13-18(27)9-12-22(16)29-25(30)15-33-26(31)21-14-24(17-7-10-19(32-2)11-8-17)28-23-6-4-3-5-20(21)23/h3-14H,15H2,1-2H3,(H,29,30). The number of hydrogen-bond donors (Lipinski definition) is 1. The largest absolute Gasteiger partial charge is 0.497 e. The van der Waals surface area contributed by atoms with Gasteiger partial charge in [-0.05, 0) is 67.1 Å². The predicted molar refractivity (Wildman–Crippen MR) is 132 cm³/mol. The molecule has 6 nitrogen and oxygen atoms in total. The molecule has 4 aromatic rings. The summed E-state index contributed by atoms with van der Waals surface area (Å²) in [5.74, 6) is -0.278. The Labute approximate surface area is 199 Å². The molecule has 4 rings (SSSR count). The van der Waals surface area contributed by atoms with Gasteiger partial charge in [-0.25, -0.2) is 9.78 Å². The molecule has 1 heterocycles. The van der Waals surface area contributed by atoms with Crippen LogP contribution in [0.4, 0.5) is 5.69 Å². The monoisotopic (exact) mass is 504 g/mol. The number of nitrogens with zero attached hydrogens (tertiary/aromatic N) is 1. The third kappa shape index (κ3) is 5.21. The van der Waals surface area contributed by atoms with E-state index in [1.807, 2.05) is 67.6 Å². The first-order chi connectivity index (χ1) is 15.9. The maximum absolute atomic E-state index is 13.0. The number of benzene rings is 3. The van der Waals surface area contributed by atoms with E-state index in [4.69, 9.17) is 9.47 Å². The molecule has 166 valence electrons. The number of carbonyl (C=O) groups is 2. The minimum atomic E-state index is -0.592. The van der Waals surface area contributed by atoms with Crippen LogP contribution in [0.1, 0.15) is 15.9 Å². The van der Waals surface area contributed by atoms with Crippen molar-refractivity contribution in [3.8, 4) is 17.0 Å². The van der Waals surface area contributed by atoms with E-state index in [-0.39, 0.29) is 0 Å². The Hall–Kier alpha value is -3.71. The van der Waals surface area contributed by atoms with Crippen LogP contribution in [0, 0.1) is 6.92 Å². The summed E-state index contributed by atoms with van der Waals surface area (Å²) < 4.78 is 11.5. The van der Waals surface area contributed by atoms with E-state index < -0.39 is 18.5 Å². The van der Waals surface area contributed by atoms with Gasteiger partial charge in [0.1, 0.15) is 5.75 Å². The number of fused-ring (bicyclic) bond motifs is 1. The second-order valence-electron chi connectivity index (χ2n) is 7.38. The number of aryl methyl sites for hydroxylation is 1. The molecule has 0 aliphatic rings. The number of methoxy groups -OCH3 is 1. The average molecular weight is 505 g/mol. The lowest BCUT2D eigenvalue weighted by molar-refractivity contribution is -0.119. The maximum Gasteiger partial charge on any atom is 0.339 e. The first-order valence-electron chi connectivity index (χ1n) is 10.2. The van der Waals surface area contributed by atoms with Gasteiger partial charge in [-0.1, -0.05) is 34.1 Å². The Morgan fingerprint density at radius 2 is 1.76 bits per heavy atom. The first-order valence-corrected chi connectivity index (χ1v) is 11.0. The van der Waals surface area contributed by atoms with Crippen molar-refractivity contribution >= 4 is 44.4 Å². The van der Waals surface area contributed by atoms with Crippen molar-refractivity contribution in [3.63, 3.8) is 0 Å². The highest BCUT2D eigenvalue weighted by Gasteiger charge is 2.17. The molecule has 0 bridgehead atoms. The van der Waals surface area contributed by atoms with Crippen LogP contribution in [-0.2, 0) is 9.53 Å². The summed E-state index contributed by atoms with van der Waals surface area (Å²) in [5.41, 5.74) is 4.02. The molecule has 3 aromatic carbocycles. The molecule has 7 heteroatoms. The minimum absolute atomic E-state index is 0.346. The van der Waals surface area contributed by atoms with E-state index >= 15 is 0 Å². The average Bonchev–Trinajstić information content (AvgIpc) is 2.83. The van der Waals surface area contributed by atoms with Gasteiger partial charge in [0.15, 0.2) is 6.61 Å². The van der Waals surface area contributed by atoms with Crippen molar-refractivity contribution in [1.29, 1.82) is 0 Å². The lowest BCUT2D eigenvalue weighted by Crippen LogP contribution is -2.21. The summed E-state index contributed by atoms with van der Waals surface area (Å²) in [6.45, 7) is 1.49. The predicted octanol–water partition coefficient (Wildman–Crippen LogP) is 5.78. The molecule has 33 heavy (non-hydrogen) atoms. The van der Waals surface area contributed by atoms with Gasteiger partial charge in [-0.3, -0.25) is 4.79 Å². The Balaban J connectivity index is 1.56. The maximum atomic E-state index is 13.0. The van der Waals surface area contributed by atoms with E-state index in [0.717, 1.165) is 21.3 Å². The number of nitrogens with one attached hydrogen (secondary N) is 1. The van der Waals surface area contributed by atoms with Gasteiger partial charge in [0, 0.05) is 21.1 Å². The molecule has 0 atom stereocenters. The van der Waals surface area contributed by atoms with Crippen LogP contribution in [0.15, 0.2) is 77.3 Å². The Bertz CT molecular complexity index is 1340. The highest BCUT2D eigenvalue weighted by atomic mass is 79.9. The lowest BCUT2D eigenvalue weighted by Gasteiger charge is -2.11. The summed E-state index contributed by atoms with van der Waals surface area (Å²) in [6.07, 6.45) is 0. The van der Waals surface area contributed by atoms with Crippen LogP contribution in [0.25, 0.3) is 22.2 Å². The van der Waals surface area contributed by atoms with Crippen LogP contribution < -0.4 is 10.1 Å². The zero-order chi connectivity index (χ0) is 23.4. The van der Waals surface area contributed by atoms with Gasteiger partial charge in [0.25, 0.3) is 5.91 Å². The van der Waals surface area contributed by atoms with Crippen molar-refractivity contribution in [2.45, 2.75) is 6.92 Å². The van der Waals surface area contributed by atoms with Crippen molar-refractivity contribution in [1.82, 2.24) is 4.98 Å². The number of carbonyl (C=O) groups excluding carboxylic acids is 2. The zero-order valence-electron chi connectivity index (χ0n) is 18.1. The van der Waals surface area contributed by atoms with Crippen molar-refractivity contribution in [2.24, 2.45) is 0 Å². The molecule has 0 radical (unpaired) electrons. The Morgan fingerprint density at radius 1 is 1.00 bits per heavy atom. The SMILES string of the molecule is COc1ccc(-c2cc(C(=O)OCC(=O)Nc3ccc(Br)cc3C)c3ccccc3n2)cc1. The molecule has 1 N–H and O–H groups in total. The molecule has 0 unspecified atom stereocenters. The molecular formula is C26H21BrN2O4. The van der Waals surface area contributed by atoms with Gasteiger partial charge in [-0.2, -0.15) is 0 Å². The van der Waals surface area contributed by atoms with E-state index in [2.05, 4.69) is 26.2 Å². The molecule has 0 fully saturated rings. The number of halogens is 1. The summed E-state index contributed by atoms with van der Waals surface area (Å²) >= 11 is 3.39. The number of anilines is 1. The fraction of sp³-hybridized carbons (Fsp3) is 0.115. The summed E-state index contributed by atoms with van der Waals surface area (Å²) in [7, 11) is 1.60.